The van der Waals surface area contributed by atoms with Crippen LogP contribution in [-0.2, 0) is 58.7 Å². The Balaban J connectivity index is 3.39. The summed E-state index contributed by atoms with van der Waals surface area (Å²) in [6, 6.07) is 0. The van der Waals surface area contributed by atoms with Crippen molar-refractivity contribution in [1.82, 2.24) is 25.6 Å². The van der Waals surface area contributed by atoms with E-state index in [0.717, 1.165) is 0 Å². The molecule has 0 aliphatic heterocycles. The van der Waals surface area contributed by atoms with E-state index in [2.05, 4.69) is 20.9 Å². The summed E-state index contributed by atoms with van der Waals surface area (Å²) in [5.41, 5.74) is -5.92. The Morgan fingerprint density at radius 2 is 1.11 bits per heavy atom. The number of amides is 2. The van der Waals surface area contributed by atoms with E-state index in [1.54, 1.807) is 24.7 Å². The van der Waals surface area contributed by atoms with Crippen LogP contribution >= 0.6 is 0 Å². The fourth-order valence-corrected chi connectivity index (χ4v) is 6.62. The summed E-state index contributed by atoms with van der Waals surface area (Å²) in [6.45, 7) is 35.9. The van der Waals surface area contributed by atoms with Crippen LogP contribution in [0.3, 0.4) is 0 Å². The van der Waals surface area contributed by atoms with E-state index in [9.17, 15) is 28.8 Å². The number of aromatic nitrogens is 3. The molecule has 368 valence electrons. The molecule has 1 aromatic rings. The predicted molar refractivity (Wildman–Crippen MR) is 249 cm³/mol. The molecule has 0 aliphatic carbocycles. The number of ketones is 4. The zero-order valence-electron chi connectivity index (χ0n) is 43.2. The number of rotatable bonds is 32. The first-order chi connectivity index (χ1) is 29.1. The van der Waals surface area contributed by atoms with Crippen molar-refractivity contribution in [3.63, 3.8) is 0 Å². The van der Waals surface area contributed by atoms with E-state index >= 15 is 0 Å². The summed E-state index contributed by atoms with van der Waals surface area (Å²) in [4.78, 5) is 77.9. The number of hydrogen-bond acceptors (Lipinski definition) is 12. The van der Waals surface area contributed by atoms with Gasteiger partial charge in [0.1, 0.15) is 28.7 Å². The Kier molecular flexibility index (Phi) is 21.9. The van der Waals surface area contributed by atoms with Gasteiger partial charge in [0.05, 0.1) is 67.3 Å². The molecular weight excluding hydrogens is 819 g/mol. The molecule has 0 atom stereocenters. The monoisotopic (exact) mass is 906 g/mol. The van der Waals surface area contributed by atoms with Gasteiger partial charge < -0.3 is 29.6 Å². The van der Waals surface area contributed by atoms with Crippen molar-refractivity contribution < 1.29 is 47.7 Å². The molecule has 0 saturated carbocycles. The Bertz CT molecular complexity index is 1690. The second kappa shape index (κ2) is 23.9. The molecule has 15 nitrogen and oxygen atoms in total. The van der Waals surface area contributed by atoms with E-state index in [-0.39, 0.29) is 118 Å². The minimum absolute atomic E-state index is 0.0413. The van der Waals surface area contributed by atoms with Crippen LogP contribution in [0, 0.1) is 34.0 Å². The number of carbonyl (C=O) groups is 6. The summed E-state index contributed by atoms with van der Waals surface area (Å²) >= 11 is 0. The van der Waals surface area contributed by atoms with E-state index in [1.807, 2.05) is 111 Å². The Morgan fingerprint density at radius 1 is 0.641 bits per heavy atom. The van der Waals surface area contributed by atoms with Gasteiger partial charge in [-0.25, -0.2) is 4.68 Å². The zero-order chi connectivity index (χ0) is 49.7. The summed E-state index contributed by atoms with van der Waals surface area (Å²) in [6.07, 6.45) is 2.89. The van der Waals surface area contributed by atoms with Gasteiger partial charge in [0.2, 0.25) is 11.8 Å². The van der Waals surface area contributed by atoms with Crippen LogP contribution in [0.1, 0.15) is 163 Å². The van der Waals surface area contributed by atoms with Crippen LogP contribution in [0.4, 0.5) is 0 Å². The summed E-state index contributed by atoms with van der Waals surface area (Å²) in [5.74, 6) is -0.748. The zero-order valence-corrected chi connectivity index (χ0v) is 43.2. The third kappa shape index (κ3) is 16.5. The third-order valence-corrected chi connectivity index (χ3v) is 13.4. The quantitative estimate of drug-likeness (QED) is 0.0704. The normalized spacial score (nSPS) is 13.5. The van der Waals surface area contributed by atoms with Crippen molar-refractivity contribution in [3.8, 4) is 0 Å². The number of ether oxygens (including phenoxy) is 4. The van der Waals surface area contributed by atoms with Gasteiger partial charge in [0.25, 0.3) is 0 Å². The first-order valence-corrected chi connectivity index (χ1v) is 23.1. The summed E-state index contributed by atoms with van der Waals surface area (Å²) < 4.78 is 25.9. The van der Waals surface area contributed by atoms with Crippen molar-refractivity contribution in [2.75, 3.05) is 52.8 Å². The fraction of sp³-hybridized carbons (Fsp3) is 0.837. The Morgan fingerprint density at radius 3 is 1.55 bits per heavy atom. The van der Waals surface area contributed by atoms with Gasteiger partial charge in [-0.2, -0.15) is 0 Å². The van der Waals surface area contributed by atoms with Crippen LogP contribution in [0.25, 0.3) is 0 Å². The number of Topliss-reactive ketones (excluding diaryl/α,β-unsaturated/α-hetero) is 4. The van der Waals surface area contributed by atoms with Gasteiger partial charge in [0, 0.05) is 67.2 Å². The molecule has 0 bridgehead atoms. The van der Waals surface area contributed by atoms with Gasteiger partial charge in [-0.05, 0) is 54.9 Å². The van der Waals surface area contributed by atoms with Crippen molar-refractivity contribution >= 4 is 34.9 Å². The maximum absolute atomic E-state index is 14.7. The highest BCUT2D eigenvalue weighted by Gasteiger charge is 2.51. The highest BCUT2D eigenvalue weighted by Crippen LogP contribution is 2.43. The lowest BCUT2D eigenvalue weighted by atomic mass is 9.65. The average molecular weight is 906 g/mol. The lowest BCUT2D eigenvalue weighted by Gasteiger charge is -2.43. The molecule has 1 heterocycles. The van der Waals surface area contributed by atoms with Crippen LogP contribution in [-0.4, -0.2) is 114 Å². The lowest BCUT2D eigenvalue weighted by molar-refractivity contribution is -0.142. The molecule has 64 heavy (non-hydrogen) atoms. The van der Waals surface area contributed by atoms with Gasteiger partial charge in [-0.15, -0.1) is 5.10 Å². The van der Waals surface area contributed by atoms with Crippen molar-refractivity contribution in [1.29, 1.82) is 0 Å². The number of nitrogens with one attached hydrogen (secondary N) is 2. The minimum atomic E-state index is -1.26. The number of carbonyl (C=O) groups excluding carboxylic acids is 6. The minimum Gasteiger partial charge on any atom is -0.378 e. The molecule has 0 saturated heterocycles. The van der Waals surface area contributed by atoms with E-state index in [4.69, 9.17) is 18.9 Å². The smallest absolute Gasteiger partial charge is 0.228 e. The van der Waals surface area contributed by atoms with Gasteiger partial charge in [-0.1, -0.05) is 88.3 Å². The third-order valence-electron chi connectivity index (χ3n) is 13.4. The molecule has 0 aliphatic rings. The SMILES string of the molecule is CC(=O)CCOCC(COCCC(=O)C(C)C)(COCCC(=O)C(C)C)NC(=O)C(C)(C)C(C)(C)n1cc(C(C)(C)C(C)(C)C(=O)NCC(C)(C)OCCC(C)(C)C(=O)C(C)C)nn1. The topological polar surface area (TPSA) is 194 Å². The van der Waals surface area contributed by atoms with Gasteiger partial charge >= 0.3 is 0 Å². The molecule has 0 aromatic carbocycles. The maximum atomic E-state index is 14.7. The standard InChI is InChI=1S/C49H87N5O10/c1-33(2)37(56)21-25-62-31-49(30-61-24-20-36(7)55,32-63-26-22-38(57)34(3)4)51-42(60)47(16,17)48(18,19)54-28-39(52-53-54)45(12,13)46(14,15)41(59)50-29-44(10,11)64-27-23-43(8,9)40(58)35(5)6/h28,33-35H,20-27,29-32H2,1-19H3,(H,50,59)(H,51,60). The van der Waals surface area contributed by atoms with Crippen LogP contribution < -0.4 is 10.6 Å². The molecule has 1 aromatic heterocycles. The lowest BCUT2D eigenvalue weighted by Crippen LogP contribution is -2.63. The highest BCUT2D eigenvalue weighted by atomic mass is 16.5. The second-order valence-electron chi connectivity index (χ2n) is 22.0. The van der Waals surface area contributed by atoms with Crippen LogP contribution in [0.15, 0.2) is 6.20 Å². The van der Waals surface area contributed by atoms with Crippen molar-refractivity contribution in [2.24, 2.45) is 34.0 Å². The van der Waals surface area contributed by atoms with Crippen LogP contribution in [0.2, 0.25) is 0 Å². The van der Waals surface area contributed by atoms with Gasteiger partial charge in [-0.3, -0.25) is 28.8 Å². The molecule has 15 heteroatoms. The van der Waals surface area contributed by atoms with E-state index in [0.29, 0.717) is 18.7 Å². The highest BCUT2D eigenvalue weighted by molar-refractivity contribution is 5.86. The van der Waals surface area contributed by atoms with Crippen molar-refractivity contribution in [3.05, 3.63) is 11.9 Å². The molecule has 0 unspecified atom stereocenters. The van der Waals surface area contributed by atoms with E-state index in [1.165, 1.54) is 6.92 Å². The molecule has 0 radical (unpaired) electrons. The maximum Gasteiger partial charge on any atom is 0.228 e. The van der Waals surface area contributed by atoms with E-state index < -0.39 is 38.3 Å². The summed E-state index contributed by atoms with van der Waals surface area (Å²) in [7, 11) is 0. The largest absolute Gasteiger partial charge is 0.378 e. The van der Waals surface area contributed by atoms with Gasteiger partial charge in [0.15, 0.2) is 0 Å². The molecule has 2 amide bonds. The Hall–Kier alpha value is -3.40. The average Bonchev–Trinajstić information content (AvgIpc) is 3.70. The molecule has 0 fully saturated rings. The molecule has 1 rings (SSSR count). The molecular formula is C49H87N5O10. The fourth-order valence-electron chi connectivity index (χ4n) is 6.62. The second-order valence-corrected chi connectivity index (χ2v) is 22.0. The first kappa shape index (κ1) is 58.6. The van der Waals surface area contributed by atoms with Crippen LogP contribution in [0.5, 0.6) is 0 Å². The van der Waals surface area contributed by atoms with Crippen molar-refractivity contribution in [2.45, 2.75) is 179 Å². The Labute approximate surface area is 385 Å². The predicted octanol–water partition coefficient (Wildman–Crippen LogP) is 7.01. The first-order valence-electron chi connectivity index (χ1n) is 23.1. The molecule has 2 N–H and O–H groups in total. The number of hydrogen-bond donors (Lipinski definition) is 2. The molecule has 0 spiro atoms. The number of nitrogens with zero attached hydrogens (tertiary/aromatic N) is 3. The summed E-state index contributed by atoms with van der Waals surface area (Å²) in [5, 5.41) is 15.4.